The molecule has 1 saturated carbocycles. The third-order valence-electron chi connectivity index (χ3n) is 5.23. The van der Waals surface area contributed by atoms with Crippen LogP contribution in [-0.4, -0.2) is 32.4 Å². The second-order valence-electron chi connectivity index (χ2n) is 7.98. The van der Waals surface area contributed by atoms with Crippen molar-refractivity contribution in [2.45, 2.75) is 57.2 Å². The summed E-state index contributed by atoms with van der Waals surface area (Å²) in [4.78, 5) is 42.1. The highest BCUT2D eigenvalue weighted by Crippen LogP contribution is 2.33. The van der Waals surface area contributed by atoms with E-state index in [4.69, 9.17) is 5.73 Å². The molecule has 0 spiro atoms. The summed E-state index contributed by atoms with van der Waals surface area (Å²) in [7, 11) is 0. The Morgan fingerprint density at radius 2 is 1.97 bits per heavy atom. The molecule has 9 heteroatoms. The molecule has 1 aromatic carbocycles. The van der Waals surface area contributed by atoms with Gasteiger partial charge in [-0.25, -0.2) is 14.8 Å². The fourth-order valence-electron chi connectivity index (χ4n) is 3.25. The first-order valence-corrected chi connectivity index (χ1v) is 11.8. The summed E-state index contributed by atoms with van der Waals surface area (Å²) in [6.07, 6.45) is 11.0. The average molecular weight is 456 g/mol. The predicted octanol–water partition coefficient (Wildman–Crippen LogP) is 3.79. The minimum Gasteiger partial charge on any atom is -0.352 e. The molecule has 4 N–H and O–H groups in total. The molecule has 2 heterocycles. The first-order valence-electron chi connectivity index (χ1n) is 10.9. The van der Waals surface area contributed by atoms with Crippen LogP contribution in [0, 0.1) is 5.92 Å². The van der Waals surface area contributed by atoms with Gasteiger partial charge >= 0.3 is 6.03 Å². The van der Waals surface area contributed by atoms with E-state index in [9.17, 15) is 14.4 Å². The van der Waals surface area contributed by atoms with Gasteiger partial charge in [0.05, 0.1) is 0 Å². The molecule has 1 aromatic heterocycles. The van der Waals surface area contributed by atoms with Gasteiger partial charge in [-0.1, -0.05) is 69.0 Å². The van der Waals surface area contributed by atoms with E-state index in [1.54, 1.807) is 12.4 Å². The van der Waals surface area contributed by atoms with Crippen molar-refractivity contribution in [2.24, 2.45) is 11.7 Å². The normalized spacial score (nSPS) is 17.3. The molecule has 2 aliphatic rings. The molecule has 1 unspecified atom stereocenters. The fourth-order valence-corrected chi connectivity index (χ4v) is 4.07. The highest BCUT2D eigenvalue weighted by Gasteiger charge is 2.32. The molecule has 0 bridgehead atoms. The molecule has 0 radical (unpaired) electrons. The maximum atomic E-state index is 11.6. The number of carbonyl (C=O) groups is 3. The van der Waals surface area contributed by atoms with E-state index in [1.807, 2.05) is 24.3 Å². The number of thioether (sulfide) groups is 1. The molecular weight excluding hydrogens is 426 g/mol. The lowest BCUT2D eigenvalue weighted by Gasteiger charge is -2.07. The van der Waals surface area contributed by atoms with Gasteiger partial charge in [0.15, 0.2) is 0 Å². The van der Waals surface area contributed by atoms with Crippen molar-refractivity contribution in [1.29, 1.82) is 0 Å². The molecule has 1 aliphatic carbocycles. The minimum atomic E-state index is -0.578. The van der Waals surface area contributed by atoms with Crippen LogP contribution in [0.25, 0.3) is 11.1 Å². The van der Waals surface area contributed by atoms with Gasteiger partial charge in [-0.15, -0.1) is 0 Å². The van der Waals surface area contributed by atoms with Crippen LogP contribution in [0.5, 0.6) is 0 Å². The lowest BCUT2D eigenvalue weighted by atomic mass is 10.1. The van der Waals surface area contributed by atoms with Crippen molar-refractivity contribution in [1.82, 2.24) is 20.6 Å². The number of urea groups is 1. The van der Waals surface area contributed by atoms with Crippen molar-refractivity contribution in [3.63, 3.8) is 0 Å². The Morgan fingerprint density at radius 3 is 2.56 bits per heavy atom. The van der Waals surface area contributed by atoms with E-state index < -0.39 is 11.3 Å². The Morgan fingerprint density at radius 1 is 1.22 bits per heavy atom. The van der Waals surface area contributed by atoms with Crippen LogP contribution in [0.15, 0.2) is 36.7 Å². The summed E-state index contributed by atoms with van der Waals surface area (Å²) in [6.45, 7) is 2.60. The predicted molar refractivity (Wildman–Crippen MR) is 125 cm³/mol. The number of benzene rings is 1. The zero-order chi connectivity index (χ0) is 22.9. The summed E-state index contributed by atoms with van der Waals surface area (Å²) in [5, 5.41) is 3.95. The lowest BCUT2D eigenvalue weighted by molar-refractivity contribution is -0.118. The molecule has 4 amide bonds. The number of rotatable bonds is 8. The van der Waals surface area contributed by atoms with Crippen LogP contribution in [0.4, 0.5) is 9.59 Å². The summed E-state index contributed by atoms with van der Waals surface area (Å²) in [5.74, 6) is 1.34. The Kier molecular flexibility index (Phi) is 8.61. The van der Waals surface area contributed by atoms with Crippen LogP contribution in [0.2, 0.25) is 0 Å². The molecule has 2 aromatic rings. The van der Waals surface area contributed by atoms with E-state index in [2.05, 4.69) is 27.5 Å². The van der Waals surface area contributed by atoms with E-state index >= 15 is 0 Å². The van der Waals surface area contributed by atoms with Crippen LogP contribution < -0.4 is 16.4 Å². The van der Waals surface area contributed by atoms with Crippen LogP contribution >= 0.6 is 11.8 Å². The van der Waals surface area contributed by atoms with Gasteiger partial charge in [-0.2, -0.15) is 0 Å². The molecule has 32 heavy (non-hydrogen) atoms. The van der Waals surface area contributed by atoms with Crippen molar-refractivity contribution >= 4 is 28.9 Å². The SMILES string of the molecule is CCCCC1CC1.NC(=O)NCc1cccc(-c2cnc(CC3SC(=O)NC3=O)nc2)c1. The average Bonchev–Trinajstić information content (AvgIpc) is 3.56. The molecular formula is C23H29N5O3S. The molecule has 170 valence electrons. The fraction of sp³-hybridized carbons (Fsp3) is 0.435. The molecule has 4 rings (SSSR count). The molecule has 1 aliphatic heterocycles. The van der Waals surface area contributed by atoms with E-state index in [-0.39, 0.29) is 11.1 Å². The number of hydrogen-bond donors (Lipinski definition) is 3. The maximum Gasteiger partial charge on any atom is 0.312 e. The van der Waals surface area contributed by atoms with Crippen LogP contribution in [0.3, 0.4) is 0 Å². The maximum absolute atomic E-state index is 11.6. The van der Waals surface area contributed by atoms with E-state index in [0.29, 0.717) is 18.8 Å². The van der Waals surface area contributed by atoms with Gasteiger partial charge in [0, 0.05) is 30.9 Å². The number of unbranched alkanes of at least 4 members (excludes halogenated alkanes) is 1. The van der Waals surface area contributed by atoms with Crippen LogP contribution in [-0.2, 0) is 17.8 Å². The first kappa shape index (κ1) is 23.7. The molecule has 1 saturated heterocycles. The van der Waals surface area contributed by atoms with Crippen molar-refractivity contribution in [3.8, 4) is 11.1 Å². The topological polar surface area (TPSA) is 127 Å². The second kappa shape index (κ2) is 11.6. The molecule has 8 nitrogen and oxygen atoms in total. The standard InChI is InChI=1S/C16H15N5O3S.C7H14/c17-15(23)20-6-9-2-1-3-10(4-9)11-7-18-13(19-8-11)5-12-14(22)21-16(24)25-12;1-2-3-4-7-5-6-7/h1-4,7-8,12H,5-6H2,(H3,17,20,23)(H,21,22,24);7H,2-6H2,1H3. The largest absolute Gasteiger partial charge is 0.352 e. The number of carbonyl (C=O) groups excluding carboxylic acids is 3. The third kappa shape index (κ3) is 7.64. The van der Waals surface area contributed by atoms with Gasteiger partial charge in [0.25, 0.3) is 5.24 Å². The van der Waals surface area contributed by atoms with Crippen molar-refractivity contribution < 1.29 is 14.4 Å². The number of imide groups is 1. The zero-order valence-electron chi connectivity index (χ0n) is 18.2. The number of nitrogens with zero attached hydrogens (tertiary/aromatic N) is 2. The number of amides is 4. The van der Waals surface area contributed by atoms with Gasteiger partial charge < -0.3 is 11.1 Å². The summed E-state index contributed by atoms with van der Waals surface area (Å²) in [6, 6.07) is 6.98. The number of aromatic nitrogens is 2. The van der Waals surface area contributed by atoms with E-state index in [1.165, 1.54) is 32.1 Å². The van der Waals surface area contributed by atoms with Gasteiger partial charge in [0.2, 0.25) is 5.91 Å². The summed E-state index contributed by atoms with van der Waals surface area (Å²) in [5.41, 5.74) is 7.68. The van der Waals surface area contributed by atoms with E-state index in [0.717, 1.165) is 34.4 Å². The smallest absolute Gasteiger partial charge is 0.312 e. The first-order chi connectivity index (χ1) is 15.4. The van der Waals surface area contributed by atoms with Crippen LogP contribution in [0.1, 0.15) is 50.4 Å². The highest BCUT2D eigenvalue weighted by atomic mass is 32.2. The Hall–Kier alpha value is -2.94. The number of primary amides is 1. The van der Waals surface area contributed by atoms with Gasteiger partial charge in [-0.3, -0.25) is 14.9 Å². The summed E-state index contributed by atoms with van der Waals surface area (Å²) < 4.78 is 0. The van der Waals surface area contributed by atoms with Crippen molar-refractivity contribution in [3.05, 3.63) is 48.0 Å². The molecule has 1 atom stereocenters. The van der Waals surface area contributed by atoms with Gasteiger partial charge in [-0.05, 0) is 23.1 Å². The zero-order valence-corrected chi connectivity index (χ0v) is 19.0. The number of nitrogens with one attached hydrogen (secondary N) is 2. The lowest BCUT2D eigenvalue weighted by Crippen LogP contribution is -2.28. The monoisotopic (exact) mass is 455 g/mol. The highest BCUT2D eigenvalue weighted by molar-refractivity contribution is 8.15. The number of hydrogen-bond acceptors (Lipinski definition) is 6. The van der Waals surface area contributed by atoms with Gasteiger partial charge in [0.1, 0.15) is 11.1 Å². The third-order valence-corrected chi connectivity index (χ3v) is 6.21. The Balaban J connectivity index is 0.000000352. The molecule has 2 fully saturated rings. The second-order valence-corrected chi connectivity index (χ2v) is 9.15. The summed E-state index contributed by atoms with van der Waals surface area (Å²) >= 11 is 0.955. The number of nitrogens with two attached hydrogens (primary N) is 1. The Bertz CT molecular complexity index is 947. The Labute approximate surface area is 192 Å². The minimum absolute atomic E-state index is 0.297. The van der Waals surface area contributed by atoms with Crippen molar-refractivity contribution in [2.75, 3.05) is 0 Å². The quantitative estimate of drug-likeness (QED) is 0.556.